The highest BCUT2D eigenvalue weighted by Crippen LogP contribution is 2.30. The van der Waals surface area contributed by atoms with Crippen molar-refractivity contribution in [2.75, 3.05) is 12.4 Å². The van der Waals surface area contributed by atoms with Crippen LogP contribution in [0.4, 0.5) is 11.4 Å². The van der Waals surface area contributed by atoms with E-state index in [4.69, 9.17) is 10.00 Å². The van der Waals surface area contributed by atoms with Gasteiger partial charge in [0.25, 0.3) is 0 Å². The number of benzene rings is 1. The van der Waals surface area contributed by atoms with E-state index in [9.17, 15) is 10.1 Å². The SMILES string of the molecule is COc1ccc(NCc2ccc(C#N)s2)cc1[N+](=O)[O-]. The number of nitrogens with one attached hydrogen (secondary N) is 1. The molecule has 6 nitrogen and oxygen atoms in total. The zero-order valence-electron chi connectivity index (χ0n) is 10.6. The highest BCUT2D eigenvalue weighted by Gasteiger charge is 2.15. The fourth-order valence-corrected chi connectivity index (χ4v) is 2.41. The van der Waals surface area contributed by atoms with Crippen LogP contribution in [0, 0.1) is 21.4 Å². The van der Waals surface area contributed by atoms with Crippen LogP contribution in [0.2, 0.25) is 0 Å². The molecule has 0 aliphatic carbocycles. The third-order valence-electron chi connectivity index (χ3n) is 2.61. The molecule has 0 radical (unpaired) electrons. The van der Waals surface area contributed by atoms with Crippen molar-refractivity contribution in [3.05, 3.63) is 50.2 Å². The smallest absolute Gasteiger partial charge is 0.312 e. The standard InChI is InChI=1S/C13H11N3O3S/c1-19-13-5-2-9(6-12(13)16(17)18)15-8-11-4-3-10(7-14)20-11/h2-6,15H,8H2,1H3. The summed E-state index contributed by atoms with van der Waals surface area (Å²) in [5, 5.41) is 22.7. The van der Waals surface area contributed by atoms with Crippen molar-refractivity contribution in [1.82, 2.24) is 0 Å². The Bertz CT molecular complexity index is 676. The van der Waals surface area contributed by atoms with Gasteiger partial charge >= 0.3 is 5.69 Å². The van der Waals surface area contributed by atoms with E-state index >= 15 is 0 Å². The molecule has 1 N–H and O–H groups in total. The molecule has 0 atom stereocenters. The third-order valence-corrected chi connectivity index (χ3v) is 3.60. The Balaban J connectivity index is 2.12. The van der Waals surface area contributed by atoms with E-state index in [2.05, 4.69) is 11.4 Å². The van der Waals surface area contributed by atoms with Crippen molar-refractivity contribution in [1.29, 1.82) is 5.26 Å². The highest BCUT2D eigenvalue weighted by atomic mass is 32.1. The molecule has 1 aromatic heterocycles. The van der Waals surface area contributed by atoms with Crippen molar-refractivity contribution in [3.63, 3.8) is 0 Å². The number of ether oxygens (including phenoxy) is 1. The van der Waals surface area contributed by atoms with Crippen molar-refractivity contribution in [2.45, 2.75) is 6.54 Å². The van der Waals surface area contributed by atoms with Crippen LogP contribution in [-0.2, 0) is 6.54 Å². The van der Waals surface area contributed by atoms with Gasteiger partial charge in [0.1, 0.15) is 10.9 Å². The van der Waals surface area contributed by atoms with Gasteiger partial charge in [-0.3, -0.25) is 10.1 Å². The number of nitro benzene ring substituents is 1. The number of nitrogens with zero attached hydrogens (tertiary/aromatic N) is 2. The first-order valence-electron chi connectivity index (χ1n) is 5.69. The summed E-state index contributed by atoms with van der Waals surface area (Å²) in [5.74, 6) is 0.225. The maximum atomic E-state index is 10.9. The van der Waals surface area contributed by atoms with Gasteiger partial charge in [0.05, 0.1) is 12.0 Å². The summed E-state index contributed by atoms with van der Waals surface area (Å²) < 4.78 is 4.94. The molecule has 2 rings (SSSR count). The van der Waals surface area contributed by atoms with Crippen LogP contribution in [0.5, 0.6) is 5.75 Å². The first-order valence-corrected chi connectivity index (χ1v) is 6.51. The summed E-state index contributed by atoms with van der Waals surface area (Å²) in [6.07, 6.45) is 0. The maximum absolute atomic E-state index is 10.9. The average Bonchev–Trinajstić information content (AvgIpc) is 2.92. The third kappa shape index (κ3) is 3.05. The number of hydrogen-bond acceptors (Lipinski definition) is 6. The fraction of sp³-hybridized carbons (Fsp3) is 0.154. The quantitative estimate of drug-likeness (QED) is 0.674. The van der Waals surface area contributed by atoms with Gasteiger partial charge in [0.15, 0.2) is 5.75 Å². The van der Waals surface area contributed by atoms with Crippen molar-refractivity contribution in [2.24, 2.45) is 0 Å². The largest absolute Gasteiger partial charge is 0.490 e. The Morgan fingerprint density at radius 1 is 1.45 bits per heavy atom. The lowest BCUT2D eigenvalue weighted by Crippen LogP contribution is -1.99. The zero-order chi connectivity index (χ0) is 14.5. The predicted octanol–water partition coefficient (Wildman–Crippen LogP) is 3.15. The number of methoxy groups -OCH3 is 1. The number of anilines is 1. The van der Waals surface area contributed by atoms with Gasteiger partial charge < -0.3 is 10.1 Å². The van der Waals surface area contributed by atoms with Crippen LogP contribution in [0.1, 0.15) is 9.75 Å². The summed E-state index contributed by atoms with van der Waals surface area (Å²) in [7, 11) is 1.39. The molecule has 1 aromatic carbocycles. The van der Waals surface area contributed by atoms with Crippen LogP contribution in [0.3, 0.4) is 0 Å². The number of thiophene rings is 1. The lowest BCUT2D eigenvalue weighted by molar-refractivity contribution is -0.385. The van der Waals surface area contributed by atoms with Gasteiger partial charge in [0.2, 0.25) is 0 Å². The Morgan fingerprint density at radius 2 is 2.25 bits per heavy atom. The van der Waals surface area contributed by atoms with E-state index in [0.29, 0.717) is 17.1 Å². The van der Waals surface area contributed by atoms with Crippen LogP contribution in [0.25, 0.3) is 0 Å². The van der Waals surface area contributed by atoms with Gasteiger partial charge in [-0.05, 0) is 24.3 Å². The number of rotatable bonds is 5. The summed E-state index contributed by atoms with van der Waals surface area (Å²) in [5.41, 5.74) is 0.547. The second kappa shape index (κ2) is 6.04. The molecule has 0 saturated carbocycles. The Morgan fingerprint density at radius 3 is 2.85 bits per heavy atom. The topological polar surface area (TPSA) is 88.2 Å². The van der Waals surface area contributed by atoms with Crippen molar-refractivity contribution >= 4 is 22.7 Å². The number of hydrogen-bond donors (Lipinski definition) is 1. The maximum Gasteiger partial charge on any atom is 0.312 e. The van der Waals surface area contributed by atoms with E-state index in [1.165, 1.54) is 24.5 Å². The molecule has 102 valence electrons. The molecule has 0 aliphatic heterocycles. The predicted molar refractivity (Wildman–Crippen MR) is 76.0 cm³/mol. The lowest BCUT2D eigenvalue weighted by Gasteiger charge is -2.07. The minimum absolute atomic E-state index is 0.0820. The molecule has 2 aromatic rings. The second-order valence-corrected chi connectivity index (χ2v) is 5.04. The molecule has 1 heterocycles. The summed E-state index contributed by atoms with van der Waals surface area (Å²) in [4.78, 5) is 12.1. The first-order chi connectivity index (χ1) is 9.63. The summed E-state index contributed by atoms with van der Waals surface area (Å²) >= 11 is 1.39. The van der Waals surface area contributed by atoms with Crippen LogP contribution in [-0.4, -0.2) is 12.0 Å². The normalized spacial score (nSPS) is 9.80. The minimum Gasteiger partial charge on any atom is -0.490 e. The molecular formula is C13H11N3O3S. The van der Waals surface area contributed by atoms with Gasteiger partial charge in [-0.2, -0.15) is 5.26 Å². The highest BCUT2D eigenvalue weighted by molar-refractivity contribution is 7.12. The van der Waals surface area contributed by atoms with Crippen molar-refractivity contribution in [3.8, 4) is 11.8 Å². The van der Waals surface area contributed by atoms with E-state index in [1.54, 1.807) is 18.2 Å². The molecular weight excluding hydrogens is 278 g/mol. The number of nitro groups is 1. The monoisotopic (exact) mass is 289 g/mol. The Labute approximate surface area is 119 Å². The van der Waals surface area contributed by atoms with E-state index in [0.717, 1.165) is 4.88 Å². The van der Waals surface area contributed by atoms with E-state index in [-0.39, 0.29) is 11.4 Å². The molecule has 0 unspecified atom stereocenters. The molecule has 0 amide bonds. The average molecular weight is 289 g/mol. The molecule has 0 spiro atoms. The zero-order valence-corrected chi connectivity index (χ0v) is 11.4. The Kier molecular flexibility index (Phi) is 4.17. The lowest BCUT2D eigenvalue weighted by atomic mass is 10.2. The van der Waals surface area contributed by atoms with E-state index < -0.39 is 4.92 Å². The molecule has 0 aliphatic rings. The summed E-state index contributed by atoms with van der Waals surface area (Å²) in [6.45, 7) is 0.510. The molecule has 0 saturated heterocycles. The Hall–Kier alpha value is -2.59. The van der Waals surface area contributed by atoms with Gasteiger partial charge in [0, 0.05) is 23.2 Å². The van der Waals surface area contributed by atoms with Gasteiger partial charge in [-0.1, -0.05) is 0 Å². The minimum atomic E-state index is -0.483. The van der Waals surface area contributed by atoms with Crippen LogP contribution >= 0.6 is 11.3 Å². The second-order valence-electron chi connectivity index (χ2n) is 3.88. The first kappa shape index (κ1) is 13.8. The molecule has 20 heavy (non-hydrogen) atoms. The van der Waals surface area contributed by atoms with Gasteiger partial charge in [-0.15, -0.1) is 11.3 Å². The number of nitriles is 1. The molecule has 0 bridgehead atoms. The van der Waals surface area contributed by atoms with E-state index in [1.807, 2.05) is 6.07 Å². The molecule has 7 heteroatoms. The fourth-order valence-electron chi connectivity index (χ4n) is 1.66. The van der Waals surface area contributed by atoms with Crippen LogP contribution < -0.4 is 10.1 Å². The van der Waals surface area contributed by atoms with Crippen LogP contribution in [0.15, 0.2) is 30.3 Å². The molecule has 0 fully saturated rings. The summed E-state index contributed by atoms with van der Waals surface area (Å²) in [6, 6.07) is 10.4. The van der Waals surface area contributed by atoms with Gasteiger partial charge in [-0.25, -0.2) is 0 Å². The van der Waals surface area contributed by atoms with Crippen molar-refractivity contribution < 1.29 is 9.66 Å².